The molecule has 2 aromatic heterocycles. The minimum absolute atomic E-state index is 0.502. The van der Waals surface area contributed by atoms with E-state index in [9.17, 15) is 0 Å². The molecule has 2 aromatic rings. The second kappa shape index (κ2) is 6.55. The van der Waals surface area contributed by atoms with Crippen molar-refractivity contribution in [2.75, 3.05) is 0 Å². The Bertz CT molecular complexity index is 488. The van der Waals surface area contributed by atoms with E-state index < -0.39 is 0 Å². The van der Waals surface area contributed by atoms with Crippen LogP contribution in [0.25, 0.3) is 0 Å². The van der Waals surface area contributed by atoms with Crippen LogP contribution in [-0.2, 0) is 18.8 Å². The highest BCUT2D eigenvalue weighted by atomic mass is 35.5. The lowest BCUT2D eigenvalue weighted by molar-refractivity contribution is 0.554. The third kappa shape index (κ3) is 3.70. The summed E-state index contributed by atoms with van der Waals surface area (Å²) in [6.07, 6.45) is 5.07. The normalized spacial score (nSPS) is 11.1. The van der Waals surface area contributed by atoms with Crippen LogP contribution in [0.4, 0.5) is 0 Å². The van der Waals surface area contributed by atoms with Crippen molar-refractivity contribution >= 4 is 34.5 Å². The molecule has 0 radical (unpaired) electrons. The maximum absolute atomic E-state index is 5.95. The van der Waals surface area contributed by atoms with Crippen LogP contribution in [-0.4, -0.2) is 14.8 Å². The summed E-state index contributed by atoms with van der Waals surface area (Å²) < 4.78 is 1.91. The monoisotopic (exact) mass is 303 g/mol. The molecule has 2 heterocycles. The molecule has 0 N–H and O–H groups in total. The summed E-state index contributed by atoms with van der Waals surface area (Å²) in [6.45, 7) is 2.82. The molecule has 0 saturated carbocycles. The average Bonchev–Trinajstić information content (AvgIpc) is 2.93. The van der Waals surface area contributed by atoms with E-state index in [1.54, 1.807) is 11.3 Å². The van der Waals surface area contributed by atoms with E-state index in [1.807, 2.05) is 23.2 Å². The van der Waals surface area contributed by atoms with Crippen LogP contribution in [0.15, 0.2) is 11.6 Å². The minimum Gasteiger partial charge on any atom is -0.271 e. The molecule has 3 nitrogen and oxygen atoms in total. The second-order valence-corrected chi connectivity index (χ2v) is 5.77. The molecular weight excluding hydrogens is 289 g/mol. The first-order valence-electron chi connectivity index (χ1n) is 5.88. The molecule has 6 heteroatoms. The highest BCUT2D eigenvalue weighted by Gasteiger charge is 2.03. The fourth-order valence-corrected chi connectivity index (χ4v) is 2.90. The van der Waals surface area contributed by atoms with Crippen LogP contribution in [0.2, 0.25) is 5.02 Å². The quantitative estimate of drug-likeness (QED) is 0.595. The van der Waals surface area contributed by atoms with Crippen LogP contribution in [0.3, 0.4) is 0 Å². The number of alkyl halides is 1. The van der Waals surface area contributed by atoms with Gasteiger partial charge in [0.05, 0.1) is 27.3 Å². The van der Waals surface area contributed by atoms with Gasteiger partial charge >= 0.3 is 0 Å². The first-order valence-corrected chi connectivity index (χ1v) is 7.67. The molecule has 0 spiro atoms. The molecule has 0 atom stereocenters. The zero-order chi connectivity index (χ0) is 13.0. The summed E-state index contributed by atoms with van der Waals surface area (Å²) in [5.74, 6) is 0.502. The molecule has 0 saturated heterocycles. The lowest BCUT2D eigenvalue weighted by Crippen LogP contribution is -1.99. The predicted molar refractivity (Wildman–Crippen MR) is 76.6 cm³/mol. The number of thiazole rings is 1. The van der Waals surface area contributed by atoms with Crippen LogP contribution < -0.4 is 0 Å². The van der Waals surface area contributed by atoms with Crippen LogP contribution in [0, 0.1) is 6.92 Å². The van der Waals surface area contributed by atoms with Crippen molar-refractivity contribution < 1.29 is 0 Å². The second-order valence-electron chi connectivity index (χ2n) is 4.15. The van der Waals surface area contributed by atoms with Gasteiger partial charge in [0.2, 0.25) is 0 Å². The van der Waals surface area contributed by atoms with Crippen LogP contribution in [0.1, 0.15) is 29.2 Å². The van der Waals surface area contributed by atoms with E-state index in [2.05, 4.69) is 10.1 Å². The zero-order valence-corrected chi connectivity index (χ0v) is 12.5. The van der Waals surface area contributed by atoms with E-state index in [-0.39, 0.29) is 0 Å². The highest BCUT2D eigenvalue weighted by molar-refractivity contribution is 7.09. The first-order chi connectivity index (χ1) is 8.69. The first kappa shape index (κ1) is 13.8. The van der Waals surface area contributed by atoms with E-state index in [1.165, 1.54) is 5.01 Å². The van der Waals surface area contributed by atoms with Crippen molar-refractivity contribution in [3.63, 3.8) is 0 Å². The standard InChI is InChI=1S/C12H15Cl2N3S/c1-9-11(14)7-17(16-9)5-3-2-4-12-15-10(6-13)8-18-12/h7-8H,2-6H2,1H3. The van der Waals surface area contributed by atoms with Crippen molar-refractivity contribution in [2.24, 2.45) is 0 Å². The van der Waals surface area contributed by atoms with Gasteiger partial charge < -0.3 is 0 Å². The van der Waals surface area contributed by atoms with Gasteiger partial charge in [-0.1, -0.05) is 11.6 Å². The van der Waals surface area contributed by atoms with Crippen molar-refractivity contribution in [2.45, 2.75) is 38.6 Å². The fraction of sp³-hybridized carbons (Fsp3) is 0.500. The number of rotatable bonds is 6. The number of hydrogen-bond donors (Lipinski definition) is 0. The largest absolute Gasteiger partial charge is 0.271 e. The maximum Gasteiger partial charge on any atom is 0.0928 e. The molecule has 0 fully saturated rings. The highest BCUT2D eigenvalue weighted by Crippen LogP contribution is 2.15. The van der Waals surface area contributed by atoms with Gasteiger partial charge in [0.25, 0.3) is 0 Å². The summed E-state index contributed by atoms with van der Waals surface area (Å²) in [5.41, 5.74) is 1.87. The lowest BCUT2D eigenvalue weighted by atomic mass is 10.2. The molecular formula is C12H15Cl2N3S. The van der Waals surface area contributed by atoms with Gasteiger partial charge in [-0.25, -0.2) is 4.98 Å². The zero-order valence-electron chi connectivity index (χ0n) is 10.2. The van der Waals surface area contributed by atoms with Gasteiger partial charge in [-0.15, -0.1) is 22.9 Å². The predicted octanol–water partition coefficient (Wildman–Crippen LogP) is 4.06. The number of aromatic nitrogens is 3. The fourth-order valence-electron chi connectivity index (χ4n) is 1.68. The molecule has 0 aliphatic heterocycles. The van der Waals surface area contributed by atoms with Gasteiger partial charge in [-0.3, -0.25) is 4.68 Å². The smallest absolute Gasteiger partial charge is 0.0928 e. The Morgan fingerprint density at radius 3 is 2.83 bits per heavy atom. The molecule has 0 unspecified atom stereocenters. The Hall–Kier alpha value is -0.580. The van der Waals surface area contributed by atoms with E-state index in [4.69, 9.17) is 23.2 Å². The molecule has 18 heavy (non-hydrogen) atoms. The van der Waals surface area contributed by atoms with Gasteiger partial charge in [0.1, 0.15) is 0 Å². The van der Waals surface area contributed by atoms with Gasteiger partial charge in [-0.05, 0) is 26.2 Å². The van der Waals surface area contributed by atoms with Crippen LogP contribution >= 0.6 is 34.5 Å². The third-order valence-electron chi connectivity index (χ3n) is 2.65. The topological polar surface area (TPSA) is 30.7 Å². The number of nitrogens with zero attached hydrogens (tertiary/aromatic N) is 3. The molecule has 2 rings (SSSR count). The summed E-state index contributed by atoms with van der Waals surface area (Å²) in [6, 6.07) is 0. The SMILES string of the molecule is Cc1nn(CCCCc2nc(CCl)cs2)cc1Cl. The average molecular weight is 304 g/mol. The Kier molecular flexibility index (Phi) is 5.03. The minimum atomic E-state index is 0.502. The summed E-state index contributed by atoms with van der Waals surface area (Å²) in [4.78, 5) is 4.43. The van der Waals surface area contributed by atoms with Crippen molar-refractivity contribution in [3.05, 3.63) is 33.0 Å². The van der Waals surface area contributed by atoms with E-state index >= 15 is 0 Å². The van der Waals surface area contributed by atoms with Crippen molar-refractivity contribution in [1.82, 2.24) is 14.8 Å². The Balaban J connectivity index is 1.72. The summed E-state index contributed by atoms with van der Waals surface area (Å²) in [5, 5.41) is 8.26. The Labute approximate surface area is 121 Å². The molecule has 0 aliphatic carbocycles. The van der Waals surface area contributed by atoms with E-state index in [0.717, 1.165) is 42.2 Å². The number of halogens is 2. The lowest BCUT2D eigenvalue weighted by Gasteiger charge is -2.00. The molecule has 98 valence electrons. The molecule has 0 amide bonds. The molecule has 0 aromatic carbocycles. The Morgan fingerprint density at radius 2 is 2.22 bits per heavy atom. The number of aryl methyl sites for hydroxylation is 3. The Morgan fingerprint density at radius 1 is 1.39 bits per heavy atom. The number of unbranched alkanes of at least 4 members (excludes halogenated alkanes) is 1. The summed E-state index contributed by atoms with van der Waals surface area (Å²) in [7, 11) is 0. The van der Waals surface area contributed by atoms with Crippen molar-refractivity contribution in [1.29, 1.82) is 0 Å². The van der Waals surface area contributed by atoms with E-state index in [0.29, 0.717) is 5.88 Å². The molecule has 0 aliphatic rings. The third-order valence-corrected chi connectivity index (χ3v) is 4.25. The van der Waals surface area contributed by atoms with Gasteiger partial charge in [-0.2, -0.15) is 5.10 Å². The maximum atomic E-state index is 5.95. The van der Waals surface area contributed by atoms with Crippen molar-refractivity contribution in [3.8, 4) is 0 Å². The summed E-state index contributed by atoms with van der Waals surface area (Å²) >= 11 is 13.4. The van der Waals surface area contributed by atoms with Gasteiger partial charge in [0, 0.05) is 18.1 Å². The molecule has 0 bridgehead atoms. The number of hydrogen-bond acceptors (Lipinski definition) is 3. The van der Waals surface area contributed by atoms with Crippen LogP contribution in [0.5, 0.6) is 0 Å². The van der Waals surface area contributed by atoms with Gasteiger partial charge in [0.15, 0.2) is 0 Å².